The van der Waals surface area contributed by atoms with Crippen molar-refractivity contribution in [2.45, 2.75) is 31.7 Å². The fourth-order valence-corrected chi connectivity index (χ4v) is 1.57. The van der Waals surface area contributed by atoms with Gasteiger partial charge in [0.25, 0.3) is 0 Å². The summed E-state index contributed by atoms with van der Waals surface area (Å²) >= 11 is 0. The van der Waals surface area contributed by atoms with E-state index >= 15 is 0 Å². The van der Waals surface area contributed by atoms with E-state index in [4.69, 9.17) is 5.26 Å². The molecular weight excluding hydrogens is 162 g/mol. The molecule has 0 aromatic heterocycles. The topological polar surface area (TPSA) is 39.1 Å². The van der Waals surface area contributed by atoms with Gasteiger partial charge in [-0.25, -0.2) is 0 Å². The second-order valence-corrected chi connectivity index (χ2v) is 3.63. The van der Waals surface area contributed by atoms with Crippen LogP contribution in [0.15, 0.2) is 0 Å². The van der Waals surface area contributed by atoms with Gasteiger partial charge in [0, 0.05) is 19.0 Å². The zero-order valence-corrected chi connectivity index (χ0v) is 8.42. The van der Waals surface area contributed by atoms with Crippen molar-refractivity contribution in [1.29, 1.82) is 5.26 Å². The number of rotatable bonds is 7. The van der Waals surface area contributed by atoms with Crippen molar-refractivity contribution >= 4 is 0 Å². The van der Waals surface area contributed by atoms with E-state index < -0.39 is 0 Å². The molecule has 0 heterocycles. The summed E-state index contributed by atoms with van der Waals surface area (Å²) in [5, 5.41) is 11.6. The summed E-state index contributed by atoms with van der Waals surface area (Å²) < 4.78 is 0. The molecule has 0 atom stereocenters. The largest absolute Gasteiger partial charge is 0.320 e. The molecule has 3 heteroatoms. The Labute approximate surface area is 80.7 Å². The van der Waals surface area contributed by atoms with Crippen LogP contribution in [0.3, 0.4) is 0 Å². The highest BCUT2D eigenvalue weighted by Gasteiger charge is 2.27. The van der Waals surface area contributed by atoms with Crippen LogP contribution in [0.4, 0.5) is 0 Å². The van der Waals surface area contributed by atoms with Gasteiger partial charge in [0.1, 0.15) is 0 Å². The van der Waals surface area contributed by atoms with Gasteiger partial charge < -0.3 is 5.32 Å². The third-order valence-electron chi connectivity index (χ3n) is 2.45. The Hall–Kier alpha value is -0.590. The van der Waals surface area contributed by atoms with E-state index in [1.165, 1.54) is 19.3 Å². The van der Waals surface area contributed by atoms with Gasteiger partial charge in [0.05, 0.1) is 6.07 Å². The lowest BCUT2D eigenvalue weighted by atomic mass is 10.3. The number of hydrogen-bond donors (Lipinski definition) is 1. The molecule has 1 saturated carbocycles. The molecule has 1 aliphatic carbocycles. The van der Waals surface area contributed by atoms with E-state index in [0.29, 0.717) is 6.42 Å². The van der Waals surface area contributed by atoms with Gasteiger partial charge in [0.15, 0.2) is 0 Å². The molecule has 3 nitrogen and oxygen atoms in total. The smallest absolute Gasteiger partial charge is 0.0635 e. The summed E-state index contributed by atoms with van der Waals surface area (Å²) in [6.07, 6.45) is 4.55. The van der Waals surface area contributed by atoms with Gasteiger partial charge in [-0.05, 0) is 39.4 Å². The van der Waals surface area contributed by atoms with Crippen LogP contribution in [0, 0.1) is 11.3 Å². The Morgan fingerprint density at radius 1 is 1.46 bits per heavy atom. The second kappa shape index (κ2) is 5.95. The maximum Gasteiger partial charge on any atom is 0.0635 e. The van der Waals surface area contributed by atoms with Crippen LogP contribution in [0.5, 0.6) is 0 Å². The zero-order valence-electron chi connectivity index (χ0n) is 8.42. The molecule has 0 aliphatic heterocycles. The van der Waals surface area contributed by atoms with Crippen molar-refractivity contribution in [2.24, 2.45) is 0 Å². The quantitative estimate of drug-likeness (QED) is 0.595. The molecule has 74 valence electrons. The van der Waals surface area contributed by atoms with E-state index in [9.17, 15) is 0 Å². The van der Waals surface area contributed by atoms with Crippen LogP contribution in [-0.4, -0.2) is 37.6 Å². The number of nitrogens with zero attached hydrogens (tertiary/aromatic N) is 2. The molecule has 0 unspecified atom stereocenters. The number of nitriles is 1. The Kier molecular flexibility index (Phi) is 4.81. The average molecular weight is 181 g/mol. The van der Waals surface area contributed by atoms with E-state index in [1.54, 1.807) is 0 Å². The molecule has 13 heavy (non-hydrogen) atoms. The van der Waals surface area contributed by atoms with Crippen molar-refractivity contribution < 1.29 is 0 Å². The van der Waals surface area contributed by atoms with Crippen molar-refractivity contribution in [3.8, 4) is 6.07 Å². The summed E-state index contributed by atoms with van der Waals surface area (Å²) in [5.41, 5.74) is 0. The minimum atomic E-state index is 0.677. The number of hydrogen-bond acceptors (Lipinski definition) is 3. The Balaban J connectivity index is 2.10. The molecule has 0 bridgehead atoms. The molecule has 0 amide bonds. The highest BCUT2D eigenvalue weighted by molar-refractivity contribution is 4.86. The maximum absolute atomic E-state index is 8.50. The molecule has 0 aromatic carbocycles. The van der Waals surface area contributed by atoms with Gasteiger partial charge in [0.2, 0.25) is 0 Å². The highest BCUT2D eigenvalue weighted by atomic mass is 15.2. The first-order valence-corrected chi connectivity index (χ1v) is 5.14. The minimum absolute atomic E-state index is 0.677. The molecule has 1 N–H and O–H groups in total. The average Bonchev–Trinajstić information content (AvgIpc) is 2.94. The van der Waals surface area contributed by atoms with Crippen LogP contribution in [0.25, 0.3) is 0 Å². The summed E-state index contributed by atoms with van der Waals surface area (Å²) in [5.74, 6) is 0. The van der Waals surface area contributed by atoms with Crippen molar-refractivity contribution in [3.63, 3.8) is 0 Å². The highest BCUT2D eigenvalue weighted by Crippen LogP contribution is 2.26. The second-order valence-electron chi connectivity index (χ2n) is 3.63. The fourth-order valence-electron chi connectivity index (χ4n) is 1.57. The van der Waals surface area contributed by atoms with Crippen LogP contribution in [0.1, 0.15) is 25.7 Å². The van der Waals surface area contributed by atoms with Crippen molar-refractivity contribution in [2.75, 3.05) is 26.7 Å². The molecular formula is C10H19N3. The van der Waals surface area contributed by atoms with Crippen molar-refractivity contribution in [1.82, 2.24) is 10.2 Å². The third kappa shape index (κ3) is 4.25. The minimum Gasteiger partial charge on any atom is -0.320 e. The van der Waals surface area contributed by atoms with Crippen molar-refractivity contribution in [3.05, 3.63) is 0 Å². The zero-order chi connectivity index (χ0) is 9.52. The SMILES string of the molecule is CNCCCN(CCC#N)C1CC1. The molecule has 0 radical (unpaired) electrons. The Bertz CT molecular complexity index is 169. The molecule has 1 fully saturated rings. The summed E-state index contributed by atoms with van der Waals surface area (Å²) in [6.45, 7) is 3.19. The van der Waals surface area contributed by atoms with E-state index in [-0.39, 0.29) is 0 Å². The predicted molar refractivity (Wildman–Crippen MR) is 53.4 cm³/mol. The Morgan fingerprint density at radius 3 is 2.77 bits per heavy atom. The molecule has 0 spiro atoms. The summed E-state index contributed by atoms with van der Waals surface area (Å²) in [4.78, 5) is 2.46. The lowest BCUT2D eigenvalue weighted by Gasteiger charge is -2.20. The van der Waals surface area contributed by atoms with E-state index in [2.05, 4.69) is 16.3 Å². The van der Waals surface area contributed by atoms with Crippen LogP contribution in [0.2, 0.25) is 0 Å². The first-order chi connectivity index (χ1) is 6.38. The predicted octanol–water partition coefficient (Wildman–Crippen LogP) is 0.974. The molecule has 0 saturated heterocycles. The molecule has 1 aliphatic rings. The standard InChI is InChI=1S/C10H19N3/c1-12-7-3-9-13(8-2-6-11)10-4-5-10/h10,12H,2-5,7-9H2,1H3. The van der Waals surface area contributed by atoms with E-state index in [1.807, 2.05) is 7.05 Å². The van der Waals surface area contributed by atoms with E-state index in [0.717, 1.165) is 25.7 Å². The molecule has 0 aromatic rings. The summed E-state index contributed by atoms with van der Waals surface area (Å²) in [7, 11) is 1.98. The van der Waals surface area contributed by atoms with Gasteiger partial charge >= 0.3 is 0 Å². The number of nitrogens with one attached hydrogen (secondary N) is 1. The molecule has 1 rings (SSSR count). The first-order valence-electron chi connectivity index (χ1n) is 5.14. The summed E-state index contributed by atoms with van der Waals surface area (Å²) in [6, 6.07) is 3.01. The van der Waals surface area contributed by atoms with Gasteiger partial charge in [-0.15, -0.1) is 0 Å². The third-order valence-corrected chi connectivity index (χ3v) is 2.45. The fraction of sp³-hybridized carbons (Fsp3) is 0.900. The van der Waals surface area contributed by atoms with Crippen LogP contribution >= 0.6 is 0 Å². The lowest BCUT2D eigenvalue weighted by molar-refractivity contribution is 0.266. The van der Waals surface area contributed by atoms with Crippen LogP contribution in [-0.2, 0) is 0 Å². The normalized spacial score (nSPS) is 16.1. The maximum atomic E-state index is 8.50. The Morgan fingerprint density at radius 2 is 2.23 bits per heavy atom. The van der Waals surface area contributed by atoms with Gasteiger partial charge in [-0.3, -0.25) is 4.90 Å². The lowest BCUT2D eigenvalue weighted by Crippen LogP contribution is -2.29. The monoisotopic (exact) mass is 181 g/mol. The van der Waals surface area contributed by atoms with Gasteiger partial charge in [-0.2, -0.15) is 5.26 Å². The van der Waals surface area contributed by atoms with Gasteiger partial charge in [-0.1, -0.05) is 0 Å². The van der Waals surface area contributed by atoms with Crippen LogP contribution < -0.4 is 5.32 Å². The first kappa shape index (κ1) is 10.5.